The lowest BCUT2D eigenvalue weighted by Gasteiger charge is -2.08. The number of anilines is 1. The van der Waals surface area contributed by atoms with Gasteiger partial charge in [-0.3, -0.25) is 4.57 Å². The molecule has 0 spiro atoms. The molecule has 0 aromatic carbocycles. The van der Waals surface area contributed by atoms with E-state index in [4.69, 9.17) is 5.11 Å². The Labute approximate surface area is 97.5 Å². The molecular weight excluding hydrogens is 222 g/mol. The van der Waals surface area contributed by atoms with Crippen LogP contribution in [0.3, 0.4) is 0 Å². The fourth-order valence-corrected chi connectivity index (χ4v) is 1.70. The first-order chi connectivity index (χ1) is 8.27. The monoisotopic (exact) mass is 237 g/mol. The number of aliphatic hydroxyl groups excluding tert-OH is 1. The van der Waals surface area contributed by atoms with Crippen LogP contribution in [0.15, 0.2) is 11.1 Å². The van der Waals surface area contributed by atoms with Crippen LogP contribution in [0.5, 0.6) is 0 Å². The van der Waals surface area contributed by atoms with Gasteiger partial charge in [0.25, 0.3) is 0 Å². The fraction of sp³-hybridized carbons (Fsp3) is 0.500. The van der Waals surface area contributed by atoms with Crippen molar-refractivity contribution in [2.75, 3.05) is 18.5 Å². The van der Waals surface area contributed by atoms with Crippen LogP contribution in [0.2, 0.25) is 0 Å². The Kier molecular flexibility index (Phi) is 3.38. The summed E-state index contributed by atoms with van der Waals surface area (Å²) >= 11 is 0. The van der Waals surface area contributed by atoms with Gasteiger partial charge in [0.1, 0.15) is 5.52 Å². The molecule has 0 fully saturated rings. The van der Waals surface area contributed by atoms with Crippen molar-refractivity contribution < 1.29 is 5.11 Å². The van der Waals surface area contributed by atoms with Gasteiger partial charge in [-0.05, 0) is 6.42 Å². The largest absolute Gasteiger partial charge is 0.395 e. The number of nitrogens with zero attached hydrogens (tertiary/aromatic N) is 3. The molecule has 0 aliphatic heterocycles. The van der Waals surface area contributed by atoms with Gasteiger partial charge in [0, 0.05) is 13.1 Å². The number of hydrogen-bond donors (Lipinski definition) is 3. The number of rotatable bonds is 5. The number of H-pyrrole nitrogens is 1. The average Bonchev–Trinajstić information content (AvgIpc) is 2.79. The van der Waals surface area contributed by atoms with E-state index in [0.717, 1.165) is 6.42 Å². The van der Waals surface area contributed by atoms with Gasteiger partial charge < -0.3 is 15.4 Å². The van der Waals surface area contributed by atoms with Crippen LogP contribution in [-0.4, -0.2) is 37.8 Å². The lowest BCUT2D eigenvalue weighted by Crippen LogP contribution is -2.25. The molecule has 3 N–H and O–H groups in total. The molecule has 0 radical (unpaired) electrons. The molecule has 0 aliphatic rings. The molecule has 0 bridgehead atoms. The number of aromatic amines is 1. The predicted molar refractivity (Wildman–Crippen MR) is 64.0 cm³/mol. The van der Waals surface area contributed by atoms with E-state index in [1.165, 1.54) is 10.9 Å². The Hall–Kier alpha value is -1.89. The zero-order chi connectivity index (χ0) is 12.3. The summed E-state index contributed by atoms with van der Waals surface area (Å²) in [5.74, 6) is 0.434. The van der Waals surface area contributed by atoms with Crippen molar-refractivity contribution in [3.63, 3.8) is 0 Å². The van der Waals surface area contributed by atoms with Gasteiger partial charge in [-0.1, -0.05) is 6.92 Å². The zero-order valence-corrected chi connectivity index (χ0v) is 9.60. The lowest BCUT2D eigenvalue weighted by molar-refractivity contribution is 0.311. The van der Waals surface area contributed by atoms with Crippen molar-refractivity contribution in [3.8, 4) is 0 Å². The highest BCUT2D eigenvalue weighted by Gasteiger charge is 2.11. The standard InChI is InChI=1S/C10H15N5O2/c1-2-4-15-9-7(12-6-13-9)8(11-3-5-16)14-10(15)17/h6,16H,2-5H2,1H3,(H,12,13)(H,11,14,17). The molecule has 0 aliphatic carbocycles. The van der Waals surface area contributed by atoms with Crippen LogP contribution in [0.1, 0.15) is 13.3 Å². The Balaban J connectivity index is 2.53. The molecule has 0 amide bonds. The average molecular weight is 237 g/mol. The number of hydrogen-bond acceptors (Lipinski definition) is 5. The van der Waals surface area contributed by atoms with E-state index in [2.05, 4.69) is 20.3 Å². The van der Waals surface area contributed by atoms with E-state index in [1.807, 2.05) is 6.92 Å². The third-order valence-electron chi connectivity index (χ3n) is 2.40. The molecule has 2 rings (SSSR count). The Morgan fingerprint density at radius 1 is 1.59 bits per heavy atom. The maximum Gasteiger partial charge on any atom is 0.351 e. The molecule has 2 aromatic heterocycles. The smallest absolute Gasteiger partial charge is 0.351 e. The summed E-state index contributed by atoms with van der Waals surface area (Å²) < 4.78 is 1.54. The van der Waals surface area contributed by atoms with Crippen molar-refractivity contribution in [2.24, 2.45) is 0 Å². The number of nitrogens with one attached hydrogen (secondary N) is 2. The molecule has 92 valence electrons. The zero-order valence-electron chi connectivity index (χ0n) is 9.60. The first kappa shape index (κ1) is 11.6. The van der Waals surface area contributed by atoms with Crippen molar-refractivity contribution in [3.05, 3.63) is 16.8 Å². The van der Waals surface area contributed by atoms with Crippen LogP contribution < -0.4 is 11.0 Å². The molecule has 0 saturated heterocycles. The van der Waals surface area contributed by atoms with E-state index in [1.54, 1.807) is 0 Å². The summed E-state index contributed by atoms with van der Waals surface area (Å²) in [6.07, 6.45) is 2.37. The first-order valence-corrected chi connectivity index (χ1v) is 5.56. The molecule has 0 atom stereocenters. The van der Waals surface area contributed by atoms with Crippen LogP contribution in [0.4, 0.5) is 5.82 Å². The summed E-state index contributed by atoms with van der Waals surface area (Å²) in [5, 5.41) is 11.6. The molecule has 2 aromatic rings. The maximum atomic E-state index is 11.8. The van der Waals surface area contributed by atoms with E-state index >= 15 is 0 Å². The van der Waals surface area contributed by atoms with Gasteiger partial charge in [-0.15, -0.1) is 0 Å². The molecule has 7 heteroatoms. The van der Waals surface area contributed by atoms with Crippen LogP contribution >= 0.6 is 0 Å². The number of fused-ring (bicyclic) bond motifs is 1. The topological polar surface area (TPSA) is 95.8 Å². The van der Waals surface area contributed by atoms with Crippen LogP contribution in [0, 0.1) is 0 Å². The second-order valence-electron chi connectivity index (χ2n) is 3.65. The van der Waals surface area contributed by atoms with Crippen molar-refractivity contribution >= 4 is 17.0 Å². The minimum Gasteiger partial charge on any atom is -0.395 e. The maximum absolute atomic E-state index is 11.8. The van der Waals surface area contributed by atoms with Crippen LogP contribution in [0.25, 0.3) is 11.2 Å². The molecule has 0 unspecified atom stereocenters. The summed E-state index contributed by atoms with van der Waals surface area (Å²) in [5.41, 5.74) is 0.950. The van der Waals surface area contributed by atoms with Gasteiger partial charge in [-0.25, -0.2) is 9.78 Å². The number of aromatic nitrogens is 4. The SMILES string of the molecule is CCCn1c(=O)nc(NCCO)c2[nH]cnc21. The van der Waals surface area contributed by atoms with Crippen molar-refractivity contribution in [1.82, 2.24) is 19.5 Å². The second-order valence-corrected chi connectivity index (χ2v) is 3.65. The summed E-state index contributed by atoms with van der Waals surface area (Å²) in [6.45, 7) is 2.91. The summed E-state index contributed by atoms with van der Waals surface area (Å²) in [6, 6.07) is 0. The van der Waals surface area contributed by atoms with E-state index in [9.17, 15) is 4.79 Å². The van der Waals surface area contributed by atoms with Gasteiger partial charge in [0.2, 0.25) is 0 Å². The van der Waals surface area contributed by atoms with Crippen molar-refractivity contribution in [1.29, 1.82) is 0 Å². The van der Waals surface area contributed by atoms with E-state index in [0.29, 0.717) is 30.1 Å². The third-order valence-corrected chi connectivity index (χ3v) is 2.40. The summed E-state index contributed by atoms with van der Waals surface area (Å²) in [7, 11) is 0. The number of imidazole rings is 1. The lowest BCUT2D eigenvalue weighted by atomic mass is 10.4. The quantitative estimate of drug-likeness (QED) is 0.676. The van der Waals surface area contributed by atoms with E-state index in [-0.39, 0.29) is 12.3 Å². The van der Waals surface area contributed by atoms with E-state index < -0.39 is 0 Å². The van der Waals surface area contributed by atoms with Gasteiger partial charge in [-0.2, -0.15) is 4.98 Å². The highest BCUT2D eigenvalue weighted by molar-refractivity contribution is 5.82. The summed E-state index contributed by atoms with van der Waals surface area (Å²) in [4.78, 5) is 22.8. The highest BCUT2D eigenvalue weighted by Crippen LogP contribution is 2.14. The Morgan fingerprint density at radius 3 is 3.12 bits per heavy atom. The molecule has 17 heavy (non-hydrogen) atoms. The normalized spacial score (nSPS) is 10.9. The molecule has 0 saturated carbocycles. The third kappa shape index (κ3) is 2.14. The highest BCUT2D eigenvalue weighted by atomic mass is 16.3. The Bertz CT molecular complexity index is 559. The molecular formula is C10H15N5O2. The second kappa shape index (κ2) is 4.96. The minimum atomic E-state index is -0.327. The first-order valence-electron chi connectivity index (χ1n) is 5.56. The Morgan fingerprint density at radius 2 is 2.41 bits per heavy atom. The fourth-order valence-electron chi connectivity index (χ4n) is 1.70. The van der Waals surface area contributed by atoms with Gasteiger partial charge in [0.15, 0.2) is 11.5 Å². The molecule has 2 heterocycles. The minimum absolute atomic E-state index is 0.0185. The van der Waals surface area contributed by atoms with Crippen LogP contribution in [-0.2, 0) is 6.54 Å². The number of aliphatic hydroxyl groups is 1. The predicted octanol–water partition coefficient (Wildman–Crippen LogP) is -0.0662. The van der Waals surface area contributed by atoms with Gasteiger partial charge in [0.05, 0.1) is 12.9 Å². The molecule has 7 nitrogen and oxygen atoms in total. The van der Waals surface area contributed by atoms with Crippen molar-refractivity contribution in [2.45, 2.75) is 19.9 Å². The van der Waals surface area contributed by atoms with Gasteiger partial charge >= 0.3 is 5.69 Å². The number of aryl methyl sites for hydroxylation is 1.